The second kappa shape index (κ2) is 7.72. The zero-order chi connectivity index (χ0) is 17.9. The first kappa shape index (κ1) is 17.4. The molecule has 5 heteroatoms. The molecule has 4 rings (SSSR count). The SMILES string of the molecule is CN1CCC(C(=O)N[C@H]2COC[C@H]2Cc2ccnc3ccccc23)CC1. The summed E-state index contributed by atoms with van der Waals surface area (Å²) in [7, 11) is 2.12. The van der Waals surface area contributed by atoms with Crippen LogP contribution in [-0.4, -0.2) is 55.2 Å². The lowest BCUT2D eigenvalue weighted by Crippen LogP contribution is -2.46. The molecule has 1 N–H and O–H groups in total. The molecule has 0 spiro atoms. The van der Waals surface area contributed by atoms with Crippen molar-refractivity contribution in [2.45, 2.75) is 25.3 Å². The number of hydrogen-bond acceptors (Lipinski definition) is 4. The van der Waals surface area contributed by atoms with Gasteiger partial charge < -0.3 is 15.0 Å². The molecule has 3 heterocycles. The number of para-hydroxylation sites is 1. The minimum Gasteiger partial charge on any atom is -0.379 e. The molecule has 2 saturated heterocycles. The van der Waals surface area contributed by atoms with E-state index in [1.807, 2.05) is 18.3 Å². The van der Waals surface area contributed by atoms with E-state index < -0.39 is 0 Å². The van der Waals surface area contributed by atoms with E-state index in [9.17, 15) is 4.79 Å². The zero-order valence-electron chi connectivity index (χ0n) is 15.4. The standard InChI is InChI=1S/C21H27N3O2/c1-24-10-7-15(8-11-24)21(25)23-20-14-26-13-17(20)12-16-6-9-22-19-5-3-2-4-18(16)19/h2-6,9,15,17,20H,7-8,10-14H2,1H3,(H,23,25)/t17-,20+/m1/s1. The fraction of sp³-hybridized carbons (Fsp3) is 0.524. The molecule has 1 aromatic heterocycles. The number of benzene rings is 1. The van der Waals surface area contributed by atoms with Crippen molar-refractivity contribution in [2.75, 3.05) is 33.4 Å². The van der Waals surface area contributed by atoms with Crippen LogP contribution in [0.5, 0.6) is 0 Å². The van der Waals surface area contributed by atoms with E-state index in [0.717, 1.165) is 37.9 Å². The Labute approximate surface area is 154 Å². The minimum absolute atomic E-state index is 0.106. The van der Waals surface area contributed by atoms with Crippen LogP contribution >= 0.6 is 0 Å². The summed E-state index contributed by atoms with van der Waals surface area (Å²) in [5.74, 6) is 0.670. The van der Waals surface area contributed by atoms with Gasteiger partial charge in [-0.3, -0.25) is 9.78 Å². The van der Waals surface area contributed by atoms with Gasteiger partial charge in [0.2, 0.25) is 5.91 Å². The highest BCUT2D eigenvalue weighted by Crippen LogP contribution is 2.25. The van der Waals surface area contributed by atoms with Gasteiger partial charge in [0, 0.05) is 23.4 Å². The van der Waals surface area contributed by atoms with Crippen LogP contribution in [-0.2, 0) is 16.0 Å². The molecule has 2 atom stereocenters. The topological polar surface area (TPSA) is 54.5 Å². The number of fused-ring (bicyclic) bond motifs is 1. The summed E-state index contributed by atoms with van der Waals surface area (Å²) in [4.78, 5) is 19.4. The Morgan fingerprint density at radius 2 is 2.04 bits per heavy atom. The Bertz CT molecular complexity index is 765. The van der Waals surface area contributed by atoms with Crippen molar-refractivity contribution in [3.63, 3.8) is 0 Å². The molecule has 138 valence electrons. The molecule has 0 radical (unpaired) electrons. The number of nitrogens with zero attached hydrogens (tertiary/aromatic N) is 2. The highest BCUT2D eigenvalue weighted by Gasteiger charge is 2.32. The fourth-order valence-electron chi connectivity index (χ4n) is 4.15. The molecule has 0 aliphatic carbocycles. The van der Waals surface area contributed by atoms with E-state index in [-0.39, 0.29) is 17.9 Å². The van der Waals surface area contributed by atoms with Crippen molar-refractivity contribution in [3.8, 4) is 0 Å². The first-order valence-corrected chi connectivity index (χ1v) is 9.60. The quantitative estimate of drug-likeness (QED) is 0.916. The van der Waals surface area contributed by atoms with Gasteiger partial charge in [0.1, 0.15) is 0 Å². The summed E-state index contributed by atoms with van der Waals surface area (Å²) >= 11 is 0. The normalized spacial score (nSPS) is 24.8. The number of hydrogen-bond donors (Lipinski definition) is 1. The van der Waals surface area contributed by atoms with Crippen molar-refractivity contribution in [1.82, 2.24) is 15.2 Å². The average Bonchev–Trinajstić information content (AvgIpc) is 3.09. The molecule has 0 bridgehead atoms. The van der Waals surface area contributed by atoms with Gasteiger partial charge >= 0.3 is 0 Å². The van der Waals surface area contributed by atoms with Gasteiger partial charge in [0.05, 0.1) is 24.8 Å². The lowest BCUT2D eigenvalue weighted by molar-refractivity contribution is -0.127. The Morgan fingerprint density at radius 3 is 2.88 bits per heavy atom. The number of piperidine rings is 1. The summed E-state index contributed by atoms with van der Waals surface area (Å²) in [6, 6.07) is 10.4. The highest BCUT2D eigenvalue weighted by atomic mass is 16.5. The Hall–Kier alpha value is -1.98. The van der Waals surface area contributed by atoms with Crippen LogP contribution in [0.4, 0.5) is 0 Å². The molecule has 26 heavy (non-hydrogen) atoms. The third-order valence-corrected chi connectivity index (χ3v) is 5.84. The van der Waals surface area contributed by atoms with Crippen molar-refractivity contribution in [2.24, 2.45) is 11.8 Å². The van der Waals surface area contributed by atoms with Gasteiger partial charge in [-0.1, -0.05) is 18.2 Å². The van der Waals surface area contributed by atoms with E-state index >= 15 is 0 Å². The fourth-order valence-corrected chi connectivity index (χ4v) is 4.15. The number of ether oxygens (including phenoxy) is 1. The molecule has 5 nitrogen and oxygen atoms in total. The summed E-state index contributed by atoms with van der Waals surface area (Å²) in [5.41, 5.74) is 2.31. The maximum absolute atomic E-state index is 12.7. The molecular weight excluding hydrogens is 326 g/mol. The summed E-state index contributed by atoms with van der Waals surface area (Å²) in [5, 5.41) is 4.48. The summed E-state index contributed by atoms with van der Waals surface area (Å²) in [6.45, 7) is 3.33. The third kappa shape index (κ3) is 3.74. The van der Waals surface area contributed by atoms with Gasteiger partial charge in [0.25, 0.3) is 0 Å². The third-order valence-electron chi connectivity index (χ3n) is 5.84. The first-order chi connectivity index (χ1) is 12.7. The van der Waals surface area contributed by atoms with Gasteiger partial charge in [-0.25, -0.2) is 0 Å². The highest BCUT2D eigenvalue weighted by molar-refractivity contribution is 5.82. The van der Waals surface area contributed by atoms with Crippen LogP contribution in [0.15, 0.2) is 36.5 Å². The number of aromatic nitrogens is 1. The monoisotopic (exact) mass is 353 g/mol. The first-order valence-electron chi connectivity index (χ1n) is 9.60. The second-order valence-corrected chi connectivity index (χ2v) is 7.68. The lowest BCUT2D eigenvalue weighted by atomic mass is 9.91. The van der Waals surface area contributed by atoms with Crippen molar-refractivity contribution in [3.05, 3.63) is 42.1 Å². The van der Waals surface area contributed by atoms with Gasteiger partial charge in [-0.05, 0) is 57.1 Å². The predicted molar refractivity (Wildman–Crippen MR) is 102 cm³/mol. The van der Waals surface area contributed by atoms with E-state index in [0.29, 0.717) is 19.1 Å². The molecule has 0 unspecified atom stereocenters. The largest absolute Gasteiger partial charge is 0.379 e. The average molecular weight is 353 g/mol. The van der Waals surface area contributed by atoms with E-state index in [4.69, 9.17) is 4.74 Å². The van der Waals surface area contributed by atoms with E-state index in [1.165, 1.54) is 10.9 Å². The van der Waals surface area contributed by atoms with Crippen LogP contribution in [0.25, 0.3) is 10.9 Å². The number of carbonyl (C=O) groups is 1. The zero-order valence-corrected chi connectivity index (χ0v) is 15.4. The van der Waals surface area contributed by atoms with Gasteiger partial charge in [-0.2, -0.15) is 0 Å². The van der Waals surface area contributed by atoms with Crippen molar-refractivity contribution >= 4 is 16.8 Å². The van der Waals surface area contributed by atoms with Gasteiger partial charge in [0.15, 0.2) is 0 Å². The Morgan fingerprint density at radius 1 is 1.23 bits per heavy atom. The van der Waals surface area contributed by atoms with Gasteiger partial charge in [-0.15, -0.1) is 0 Å². The number of rotatable bonds is 4. The summed E-state index contributed by atoms with van der Waals surface area (Å²) in [6.07, 6.45) is 4.69. The Kier molecular flexibility index (Phi) is 5.18. The van der Waals surface area contributed by atoms with Crippen molar-refractivity contribution < 1.29 is 9.53 Å². The molecule has 1 aromatic carbocycles. The molecular formula is C21H27N3O2. The maximum Gasteiger partial charge on any atom is 0.223 e. The van der Waals surface area contributed by atoms with Crippen LogP contribution < -0.4 is 5.32 Å². The smallest absolute Gasteiger partial charge is 0.223 e. The predicted octanol–water partition coefficient (Wildman–Crippen LogP) is 2.25. The molecule has 2 aliphatic rings. The van der Waals surface area contributed by atoms with Crippen molar-refractivity contribution in [1.29, 1.82) is 0 Å². The van der Waals surface area contributed by atoms with E-state index in [1.54, 1.807) is 0 Å². The molecule has 0 saturated carbocycles. The van der Waals surface area contributed by atoms with Crippen LogP contribution in [0.3, 0.4) is 0 Å². The molecule has 2 aliphatic heterocycles. The summed E-state index contributed by atoms with van der Waals surface area (Å²) < 4.78 is 5.72. The van der Waals surface area contributed by atoms with Crippen LogP contribution in [0, 0.1) is 11.8 Å². The molecule has 1 amide bonds. The van der Waals surface area contributed by atoms with Crippen LogP contribution in [0.1, 0.15) is 18.4 Å². The Balaban J connectivity index is 1.42. The number of nitrogens with one attached hydrogen (secondary N) is 1. The second-order valence-electron chi connectivity index (χ2n) is 7.68. The number of carbonyl (C=O) groups excluding carboxylic acids is 1. The van der Waals surface area contributed by atoms with E-state index in [2.05, 4.69) is 40.4 Å². The lowest BCUT2D eigenvalue weighted by Gasteiger charge is -2.29. The molecule has 2 fully saturated rings. The number of amides is 1. The number of pyridine rings is 1. The maximum atomic E-state index is 12.7. The minimum atomic E-state index is 0.106. The van der Waals surface area contributed by atoms with Crippen LogP contribution in [0.2, 0.25) is 0 Å². The number of likely N-dealkylation sites (tertiary alicyclic amines) is 1. The molecule has 2 aromatic rings.